The van der Waals surface area contributed by atoms with E-state index in [-0.39, 0.29) is 21.9 Å². The molecule has 0 bridgehead atoms. The highest BCUT2D eigenvalue weighted by Crippen LogP contribution is 2.27. The molecule has 0 radical (unpaired) electrons. The molecule has 1 heterocycles. The van der Waals surface area contributed by atoms with Gasteiger partial charge in [-0.2, -0.15) is 0 Å². The molecule has 1 unspecified atom stereocenters. The van der Waals surface area contributed by atoms with Crippen LogP contribution in [0.3, 0.4) is 0 Å². The van der Waals surface area contributed by atoms with E-state index in [1.807, 2.05) is 6.92 Å². The van der Waals surface area contributed by atoms with Crippen LogP contribution in [0.15, 0.2) is 18.2 Å². The molecule has 1 fully saturated rings. The molecule has 19 heavy (non-hydrogen) atoms. The maximum absolute atomic E-state index is 13.4. The van der Waals surface area contributed by atoms with Crippen LogP contribution >= 0.6 is 23.2 Å². The van der Waals surface area contributed by atoms with Crippen LogP contribution in [-0.2, 0) is 0 Å². The van der Waals surface area contributed by atoms with Crippen molar-refractivity contribution in [2.45, 2.75) is 25.1 Å². The fourth-order valence-corrected chi connectivity index (χ4v) is 2.86. The minimum absolute atomic E-state index is 0.0969. The van der Waals surface area contributed by atoms with Crippen LogP contribution in [0.5, 0.6) is 0 Å². The van der Waals surface area contributed by atoms with E-state index < -0.39 is 5.82 Å². The molecule has 0 saturated carbocycles. The molecule has 2 nitrogen and oxygen atoms in total. The second-order valence-electron chi connectivity index (χ2n) is 4.91. The van der Waals surface area contributed by atoms with E-state index >= 15 is 0 Å². The summed E-state index contributed by atoms with van der Waals surface area (Å²) in [7, 11) is 0. The lowest BCUT2D eigenvalue weighted by Gasteiger charge is -2.33. The van der Waals surface area contributed by atoms with Gasteiger partial charge in [0.05, 0.1) is 10.6 Å². The number of rotatable bonds is 2. The number of nitrogens with zero attached hydrogens (tertiary/aromatic N) is 1. The Balaban J connectivity index is 2.07. The van der Waals surface area contributed by atoms with Crippen molar-refractivity contribution in [2.24, 2.45) is 5.92 Å². The Morgan fingerprint density at radius 1 is 1.42 bits per heavy atom. The van der Waals surface area contributed by atoms with Gasteiger partial charge >= 0.3 is 0 Å². The van der Waals surface area contributed by atoms with Gasteiger partial charge in [0.25, 0.3) is 5.91 Å². The summed E-state index contributed by atoms with van der Waals surface area (Å²) in [6, 6.07) is 4.31. The summed E-state index contributed by atoms with van der Waals surface area (Å²) in [5, 5.41) is 0.0235. The van der Waals surface area contributed by atoms with Gasteiger partial charge in [0.1, 0.15) is 5.82 Å². The molecule has 1 aromatic carbocycles. The van der Waals surface area contributed by atoms with E-state index in [1.54, 1.807) is 11.0 Å². The molecule has 2 rings (SSSR count). The number of piperidine rings is 1. The summed E-state index contributed by atoms with van der Waals surface area (Å²) in [6.07, 6.45) is 1.76. The third-order valence-corrected chi connectivity index (χ3v) is 4.40. The zero-order valence-electron chi connectivity index (χ0n) is 10.7. The first-order valence-electron chi connectivity index (χ1n) is 6.38. The molecule has 1 aliphatic rings. The lowest BCUT2D eigenvalue weighted by atomic mass is 9.93. The smallest absolute Gasteiger partial charge is 0.255 e. The van der Waals surface area contributed by atoms with E-state index in [1.165, 1.54) is 12.1 Å². The van der Waals surface area contributed by atoms with Gasteiger partial charge in [-0.25, -0.2) is 4.39 Å². The first-order valence-corrected chi connectivity index (χ1v) is 7.19. The summed E-state index contributed by atoms with van der Waals surface area (Å²) < 4.78 is 13.4. The van der Waals surface area contributed by atoms with Crippen molar-refractivity contribution >= 4 is 29.1 Å². The molecule has 1 aliphatic heterocycles. The molecular formula is C14H16Cl2FNO. The second kappa shape index (κ2) is 6.10. The van der Waals surface area contributed by atoms with Gasteiger partial charge in [0.15, 0.2) is 0 Å². The average Bonchev–Trinajstić information content (AvgIpc) is 2.41. The van der Waals surface area contributed by atoms with Gasteiger partial charge in [-0.1, -0.05) is 17.7 Å². The number of hydrogen-bond donors (Lipinski definition) is 0. The van der Waals surface area contributed by atoms with Gasteiger partial charge in [-0.15, -0.1) is 11.6 Å². The van der Waals surface area contributed by atoms with Gasteiger partial charge < -0.3 is 4.90 Å². The molecule has 0 N–H and O–H groups in total. The number of hydrogen-bond acceptors (Lipinski definition) is 1. The van der Waals surface area contributed by atoms with E-state index in [4.69, 9.17) is 23.2 Å². The zero-order chi connectivity index (χ0) is 14.0. The molecular weight excluding hydrogens is 288 g/mol. The molecule has 1 saturated heterocycles. The number of carbonyl (C=O) groups excluding carboxylic acids is 1. The summed E-state index contributed by atoms with van der Waals surface area (Å²) in [6.45, 7) is 3.27. The number of likely N-dealkylation sites (tertiary alicyclic amines) is 1. The van der Waals surface area contributed by atoms with Crippen molar-refractivity contribution in [1.82, 2.24) is 4.90 Å². The highest BCUT2D eigenvalue weighted by atomic mass is 35.5. The zero-order valence-corrected chi connectivity index (χ0v) is 12.2. The number of alkyl halides is 1. The standard InChI is InChI=1S/C14H16Cl2FNO/c1-9(15)10-5-7-18(8-6-10)14(19)11-3-2-4-12(17)13(11)16/h2-4,9-10H,5-8H2,1H3. The number of amides is 1. The molecule has 1 atom stereocenters. The highest BCUT2D eigenvalue weighted by molar-refractivity contribution is 6.34. The minimum atomic E-state index is -0.559. The summed E-state index contributed by atoms with van der Waals surface area (Å²) in [5.74, 6) is -0.323. The number of halogens is 3. The van der Waals surface area contributed by atoms with Gasteiger partial charge in [0, 0.05) is 18.5 Å². The molecule has 5 heteroatoms. The maximum Gasteiger partial charge on any atom is 0.255 e. The summed E-state index contributed by atoms with van der Waals surface area (Å²) in [4.78, 5) is 14.0. The van der Waals surface area contributed by atoms with E-state index in [0.29, 0.717) is 19.0 Å². The van der Waals surface area contributed by atoms with Crippen molar-refractivity contribution < 1.29 is 9.18 Å². The van der Waals surface area contributed by atoms with Gasteiger partial charge in [-0.3, -0.25) is 4.79 Å². The Kier molecular flexibility index (Phi) is 4.69. The third kappa shape index (κ3) is 3.21. The Bertz CT molecular complexity index is 471. The molecule has 1 aromatic rings. The van der Waals surface area contributed by atoms with Crippen LogP contribution in [0, 0.1) is 11.7 Å². The van der Waals surface area contributed by atoms with Crippen LogP contribution < -0.4 is 0 Å². The SMILES string of the molecule is CC(Cl)C1CCN(C(=O)c2cccc(F)c2Cl)CC1. The average molecular weight is 304 g/mol. The lowest BCUT2D eigenvalue weighted by Crippen LogP contribution is -2.40. The van der Waals surface area contributed by atoms with Crippen molar-refractivity contribution in [3.8, 4) is 0 Å². The molecule has 0 aromatic heterocycles. The van der Waals surface area contributed by atoms with Crippen molar-refractivity contribution in [3.05, 3.63) is 34.6 Å². The Hall–Kier alpha value is -0.800. The normalized spacial score (nSPS) is 18.4. The monoisotopic (exact) mass is 303 g/mol. The highest BCUT2D eigenvalue weighted by Gasteiger charge is 2.27. The Morgan fingerprint density at radius 3 is 2.63 bits per heavy atom. The molecule has 104 valence electrons. The van der Waals surface area contributed by atoms with Crippen molar-refractivity contribution in [1.29, 1.82) is 0 Å². The maximum atomic E-state index is 13.4. The fraction of sp³-hybridized carbons (Fsp3) is 0.500. The molecule has 0 aliphatic carbocycles. The Morgan fingerprint density at radius 2 is 2.05 bits per heavy atom. The van der Waals surface area contributed by atoms with Gasteiger partial charge in [0.2, 0.25) is 0 Å². The number of carbonyl (C=O) groups is 1. The van der Waals surface area contributed by atoms with Crippen LogP contribution in [0.4, 0.5) is 4.39 Å². The minimum Gasteiger partial charge on any atom is -0.339 e. The first-order chi connectivity index (χ1) is 9.00. The predicted octanol–water partition coefficient (Wildman–Crippen LogP) is 3.96. The first kappa shape index (κ1) is 14.6. The third-order valence-electron chi connectivity index (χ3n) is 3.66. The fourth-order valence-electron chi connectivity index (χ4n) is 2.40. The van der Waals surface area contributed by atoms with Crippen LogP contribution in [-0.4, -0.2) is 29.3 Å². The summed E-state index contributed by atoms with van der Waals surface area (Å²) >= 11 is 11.9. The van der Waals surface area contributed by atoms with Crippen LogP contribution in [0.2, 0.25) is 5.02 Å². The topological polar surface area (TPSA) is 20.3 Å². The largest absolute Gasteiger partial charge is 0.339 e. The quantitative estimate of drug-likeness (QED) is 0.757. The Labute approximate surface area is 122 Å². The van der Waals surface area contributed by atoms with Crippen molar-refractivity contribution in [3.63, 3.8) is 0 Å². The lowest BCUT2D eigenvalue weighted by molar-refractivity contribution is 0.0690. The van der Waals surface area contributed by atoms with E-state index in [2.05, 4.69) is 0 Å². The summed E-state index contributed by atoms with van der Waals surface area (Å²) in [5.41, 5.74) is 0.235. The van der Waals surface area contributed by atoms with E-state index in [0.717, 1.165) is 12.8 Å². The van der Waals surface area contributed by atoms with Crippen LogP contribution in [0.25, 0.3) is 0 Å². The molecule has 1 amide bonds. The molecule has 0 spiro atoms. The van der Waals surface area contributed by atoms with Crippen LogP contribution in [0.1, 0.15) is 30.1 Å². The van der Waals surface area contributed by atoms with Crippen molar-refractivity contribution in [2.75, 3.05) is 13.1 Å². The van der Waals surface area contributed by atoms with E-state index in [9.17, 15) is 9.18 Å². The number of benzene rings is 1. The second-order valence-corrected chi connectivity index (χ2v) is 5.97. The predicted molar refractivity (Wildman–Crippen MR) is 75.4 cm³/mol. The van der Waals surface area contributed by atoms with Gasteiger partial charge in [-0.05, 0) is 37.8 Å².